The van der Waals surface area contributed by atoms with Gasteiger partial charge < -0.3 is 29.1 Å². The lowest BCUT2D eigenvalue weighted by Gasteiger charge is -2.54. The summed E-state index contributed by atoms with van der Waals surface area (Å²) in [6, 6.07) is 72.1. The Kier molecular flexibility index (Phi) is 7.68. The first-order valence-electron chi connectivity index (χ1n) is 24.1. The normalized spacial score (nSPS) is 18.3. The van der Waals surface area contributed by atoms with Crippen LogP contribution in [0.5, 0.6) is 23.0 Å². The van der Waals surface area contributed by atoms with Gasteiger partial charge in [0.15, 0.2) is 11.5 Å². The van der Waals surface area contributed by atoms with E-state index in [1.54, 1.807) is 0 Å². The summed E-state index contributed by atoms with van der Waals surface area (Å²) < 4.78 is 15.7. The van der Waals surface area contributed by atoms with Crippen LogP contribution in [0.1, 0.15) is 0 Å². The highest BCUT2D eigenvalue weighted by Crippen LogP contribution is 2.75. The summed E-state index contributed by atoms with van der Waals surface area (Å²) in [5, 5.41) is 10.9. The molecule has 6 nitrogen and oxygen atoms in total. The van der Waals surface area contributed by atoms with Crippen LogP contribution in [0.3, 0.4) is 0 Å². The van der Waals surface area contributed by atoms with Gasteiger partial charge in [0.1, 0.15) is 22.9 Å². The summed E-state index contributed by atoms with van der Waals surface area (Å²) in [4.78, 5) is 9.76. The second-order valence-electron chi connectivity index (χ2n) is 19.0. The van der Waals surface area contributed by atoms with Gasteiger partial charge in [0.2, 0.25) is 0 Å². The molecule has 11 aromatic rings. The number of rotatable bonds is 4. The van der Waals surface area contributed by atoms with Gasteiger partial charge in [-0.15, -0.1) is 0 Å². The highest BCUT2D eigenvalue weighted by molar-refractivity contribution is 8.27. The Labute approximate surface area is 425 Å². The molecule has 72 heavy (non-hydrogen) atoms. The van der Waals surface area contributed by atoms with Gasteiger partial charge in [-0.3, -0.25) is 0 Å². The number of fused-ring (bicyclic) bond motifs is 6. The quantitative estimate of drug-likeness (QED) is 0.161. The van der Waals surface area contributed by atoms with E-state index in [1.807, 2.05) is 0 Å². The van der Waals surface area contributed by atoms with Gasteiger partial charge in [0.25, 0.3) is 0 Å². The van der Waals surface area contributed by atoms with E-state index in [-0.39, 0.29) is 0 Å². The van der Waals surface area contributed by atoms with Crippen molar-refractivity contribution in [3.05, 3.63) is 218 Å². The lowest BCUT2D eigenvalue weighted by Crippen LogP contribution is -2.50. The first-order valence-corrected chi connectivity index (χ1v) is 29.8. The second-order valence-corrected chi connectivity index (χ2v) is 27.4. The first kappa shape index (κ1) is 39.7. The Morgan fingerprint density at radius 1 is 0.292 bits per heavy atom. The number of hydrogen-bond acceptors (Lipinski definition) is 8. The summed E-state index contributed by atoms with van der Waals surface area (Å²) in [5.41, 5.74) is 12.3. The minimum Gasteiger partial charge on any atom is -0.454 e. The van der Waals surface area contributed by atoms with Crippen molar-refractivity contribution in [1.29, 1.82) is 0 Å². The van der Waals surface area contributed by atoms with Crippen molar-refractivity contribution in [2.45, 2.75) is 0 Å². The summed E-state index contributed by atoms with van der Waals surface area (Å²) in [7, 11) is 0. The van der Waals surface area contributed by atoms with E-state index in [0.717, 1.165) is 145 Å². The van der Waals surface area contributed by atoms with E-state index < -0.39 is 12.1 Å². The van der Waals surface area contributed by atoms with Crippen LogP contribution in [-0.2, 0) is 23.6 Å². The third-order valence-corrected chi connectivity index (χ3v) is 25.1. The van der Waals surface area contributed by atoms with E-state index in [2.05, 4.69) is 238 Å². The van der Waals surface area contributed by atoms with Gasteiger partial charge in [0, 0.05) is 44.1 Å². The molecule has 6 aliphatic rings. The fourth-order valence-electron chi connectivity index (χ4n) is 12.8. The molecule has 0 radical (unpaired) electrons. The average molecular weight is 995 g/mol. The molecule has 0 spiro atoms. The molecule has 0 N–H and O–H groups in total. The largest absolute Gasteiger partial charge is 0.454 e. The molecule has 10 heteroatoms. The Morgan fingerprint density at radius 3 is 1.00 bits per heavy atom. The van der Waals surface area contributed by atoms with Crippen molar-refractivity contribution in [3.8, 4) is 23.0 Å². The highest BCUT2D eigenvalue weighted by Gasteiger charge is 2.59. The van der Waals surface area contributed by atoms with E-state index in [9.17, 15) is 0 Å². The summed E-state index contributed by atoms with van der Waals surface area (Å²) in [5.74, 6) is 3.05. The van der Waals surface area contributed by atoms with Crippen LogP contribution in [0.2, 0.25) is 0 Å². The number of ether oxygens (including phenoxy) is 2. The van der Waals surface area contributed by atoms with Crippen molar-refractivity contribution in [1.82, 2.24) is 0 Å². The van der Waals surface area contributed by atoms with Gasteiger partial charge in [0.05, 0.1) is 67.4 Å². The lowest BCUT2D eigenvalue weighted by molar-refractivity contribution is 0.478. The van der Waals surface area contributed by atoms with Gasteiger partial charge in [-0.1, -0.05) is 157 Å². The molecule has 2 atom stereocenters. The third kappa shape index (κ3) is 4.69. The molecule has 0 amide bonds. The van der Waals surface area contributed by atoms with Gasteiger partial charge >= 0.3 is 0 Å². The van der Waals surface area contributed by atoms with Crippen LogP contribution in [0.15, 0.2) is 218 Å². The molecule has 11 aromatic carbocycles. The molecule has 0 aromatic heterocycles. The molecule has 2 unspecified atom stereocenters. The Balaban J connectivity index is 1.11. The maximum atomic E-state index is 7.83. The maximum Gasteiger partial charge on any atom is 0.163 e. The maximum absolute atomic E-state index is 7.83. The predicted octanol–water partition coefficient (Wildman–Crippen LogP) is 14.8. The van der Waals surface area contributed by atoms with E-state index in [4.69, 9.17) is 33.1 Å². The van der Waals surface area contributed by atoms with Gasteiger partial charge in [-0.25, -0.2) is 0 Å². The minimum atomic E-state index is -3.09. The SMILES string of the molecule is S=P12c3c4cccc3N(c3ccccc3)c3c1c(cc1ccccc31)N(c1ccccc1)c1c3c5c(c(c12)O4)N(c1ccccc1)c1cc2ccccc2c2c1P5(=S)c1c(cccc1N2c1ccccc1)O3. The molecule has 338 valence electrons. The third-order valence-electron chi connectivity index (χ3n) is 15.4. The molecule has 0 bridgehead atoms. The molecule has 6 heterocycles. The summed E-state index contributed by atoms with van der Waals surface area (Å²) in [6.07, 6.45) is 0. The molecule has 0 saturated heterocycles. The van der Waals surface area contributed by atoms with Crippen LogP contribution in [0, 0.1) is 0 Å². The Morgan fingerprint density at radius 2 is 0.625 bits per heavy atom. The predicted molar refractivity (Wildman–Crippen MR) is 307 cm³/mol. The van der Waals surface area contributed by atoms with Crippen LogP contribution >= 0.6 is 12.1 Å². The summed E-state index contributed by atoms with van der Waals surface area (Å²) in [6.45, 7) is 0. The fraction of sp³-hybridized carbons (Fsp3) is 0. The van der Waals surface area contributed by atoms with Crippen LogP contribution in [0.4, 0.5) is 68.2 Å². The second kappa shape index (κ2) is 13.9. The smallest absolute Gasteiger partial charge is 0.163 e. The van der Waals surface area contributed by atoms with Crippen LogP contribution in [0.25, 0.3) is 21.5 Å². The van der Waals surface area contributed by atoms with Crippen molar-refractivity contribution < 1.29 is 9.47 Å². The zero-order chi connectivity index (χ0) is 47.2. The Bertz CT molecular complexity index is 4100. The first-order chi connectivity index (χ1) is 35.5. The molecule has 0 aliphatic carbocycles. The molecule has 0 saturated carbocycles. The number of para-hydroxylation sites is 4. The zero-order valence-electron chi connectivity index (χ0n) is 38.1. The van der Waals surface area contributed by atoms with E-state index >= 15 is 0 Å². The number of benzene rings is 11. The van der Waals surface area contributed by atoms with Crippen molar-refractivity contribution in [2.24, 2.45) is 0 Å². The van der Waals surface area contributed by atoms with E-state index in [0.29, 0.717) is 0 Å². The molecule has 17 rings (SSSR count). The van der Waals surface area contributed by atoms with Crippen molar-refractivity contribution in [2.75, 3.05) is 19.6 Å². The minimum absolute atomic E-state index is 0.749. The van der Waals surface area contributed by atoms with Crippen molar-refractivity contribution in [3.63, 3.8) is 0 Å². The fourth-order valence-corrected chi connectivity index (χ4v) is 23.1. The Hall–Kier alpha value is -7.96. The van der Waals surface area contributed by atoms with Crippen LogP contribution in [-0.4, -0.2) is 0 Å². The number of nitrogens with zero attached hydrogens (tertiary/aromatic N) is 4. The van der Waals surface area contributed by atoms with Gasteiger partial charge in [-0.05, 0) is 95.7 Å². The van der Waals surface area contributed by atoms with Crippen LogP contribution < -0.4 is 60.9 Å². The lowest BCUT2D eigenvalue weighted by atomic mass is 10.0. The molecular weight excluding hydrogens is 959 g/mol. The number of hydrogen-bond donors (Lipinski definition) is 0. The monoisotopic (exact) mass is 994 g/mol. The van der Waals surface area contributed by atoms with Gasteiger partial charge in [-0.2, -0.15) is 0 Å². The van der Waals surface area contributed by atoms with E-state index in [1.165, 1.54) is 0 Å². The standard InChI is InChI=1S/C62H36N4O2P2S2/c71-69-57-45-31-17-33-49(57)67-55-54-62-56(53(61(55)69)65(41-25-9-3-10-26-41)47-35-37-19-13-15-29-43(37)51(59(47)69)63(45)39-21-5-1-6-22-39)68-50-34-18-32-46-58(50)70(62,72)60-48(66(54)42-27-11-4-12-28-42)36-38-20-14-16-30-44(38)52(60)64(46)40-23-7-2-8-24-40/h1-36H. The van der Waals surface area contributed by atoms with Crippen molar-refractivity contribution >= 4 is 157 Å². The number of anilines is 12. The summed E-state index contributed by atoms with van der Waals surface area (Å²) >= 11 is 15.6. The topological polar surface area (TPSA) is 31.4 Å². The molecular formula is C62H36N4O2P2S2. The average Bonchev–Trinajstić information content (AvgIpc) is 3.43. The molecule has 0 fully saturated rings. The molecule has 6 aliphatic heterocycles. The highest BCUT2D eigenvalue weighted by atomic mass is 32.4. The zero-order valence-corrected chi connectivity index (χ0v) is 41.5.